The number of hydrogen-bond acceptors (Lipinski definition) is 5. The lowest BCUT2D eigenvalue weighted by Crippen LogP contribution is -2.26. The van der Waals surface area contributed by atoms with Gasteiger partial charge >= 0.3 is 0 Å². The molecule has 7 nitrogen and oxygen atoms in total. The molecule has 0 radical (unpaired) electrons. The molecule has 144 valence electrons. The third-order valence-corrected chi connectivity index (χ3v) is 5.87. The molecule has 3 rings (SSSR count). The first-order valence-electron chi connectivity index (χ1n) is 8.56. The second-order valence-electron chi connectivity index (χ2n) is 6.12. The number of methoxy groups -OCH3 is 2. The van der Waals surface area contributed by atoms with Crippen molar-refractivity contribution in [3.8, 4) is 11.5 Å². The smallest absolute Gasteiger partial charge is 0.240 e. The Kier molecular flexibility index (Phi) is 5.67. The lowest BCUT2D eigenvalue weighted by Gasteiger charge is -2.20. The highest BCUT2D eigenvalue weighted by Gasteiger charge is 2.26. The van der Waals surface area contributed by atoms with Gasteiger partial charge in [0.1, 0.15) is 11.5 Å². The molecular weight excluding hydrogens is 368 g/mol. The van der Waals surface area contributed by atoms with E-state index < -0.39 is 10.0 Å². The summed E-state index contributed by atoms with van der Waals surface area (Å²) in [6.45, 7) is 0.643. The second-order valence-corrected chi connectivity index (χ2v) is 7.89. The van der Waals surface area contributed by atoms with Gasteiger partial charge < -0.3 is 14.4 Å². The highest BCUT2D eigenvalue weighted by molar-refractivity contribution is 7.89. The zero-order chi connectivity index (χ0) is 19.4. The molecule has 0 bridgehead atoms. The molecule has 1 saturated heterocycles. The van der Waals surface area contributed by atoms with Crippen LogP contribution in [0, 0.1) is 0 Å². The predicted octanol–water partition coefficient (Wildman–Crippen LogP) is 2.31. The Balaban J connectivity index is 1.87. The van der Waals surface area contributed by atoms with Crippen LogP contribution in [-0.4, -0.2) is 35.1 Å². The monoisotopic (exact) mass is 390 g/mol. The standard InChI is InChI=1S/C19H22N2O5S/c1-25-17-7-4-3-6-14(17)13-20-27(23,24)15-9-10-18(26-2)16(12-15)21-11-5-8-19(21)22/h3-4,6-7,9-10,12,20H,5,8,11,13H2,1-2H3. The Morgan fingerprint density at radius 3 is 2.48 bits per heavy atom. The van der Waals surface area contributed by atoms with Crippen molar-refractivity contribution in [3.63, 3.8) is 0 Å². The van der Waals surface area contributed by atoms with E-state index in [-0.39, 0.29) is 17.3 Å². The van der Waals surface area contributed by atoms with Crippen LogP contribution in [0.4, 0.5) is 5.69 Å². The van der Waals surface area contributed by atoms with Gasteiger partial charge in [0.25, 0.3) is 0 Å². The summed E-state index contributed by atoms with van der Waals surface area (Å²) in [6.07, 6.45) is 1.19. The van der Waals surface area contributed by atoms with Crippen molar-refractivity contribution in [2.45, 2.75) is 24.3 Å². The van der Waals surface area contributed by atoms with E-state index in [0.29, 0.717) is 30.2 Å². The second kappa shape index (κ2) is 7.98. The van der Waals surface area contributed by atoms with Crippen molar-refractivity contribution >= 4 is 21.6 Å². The number of anilines is 1. The fraction of sp³-hybridized carbons (Fsp3) is 0.316. The Morgan fingerprint density at radius 1 is 1.07 bits per heavy atom. The molecule has 0 spiro atoms. The molecule has 1 amide bonds. The Morgan fingerprint density at radius 2 is 1.81 bits per heavy atom. The van der Waals surface area contributed by atoms with Gasteiger partial charge in [0.05, 0.1) is 24.8 Å². The molecule has 0 aromatic heterocycles. The molecule has 1 aliphatic rings. The first-order valence-corrected chi connectivity index (χ1v) is 10.0. The van der Waals surface area contributed by atoms with Gasteiger partial charge in [-0.2, -0.15) is 0 Å². The van der Waals surface area contributed by atoms with E-state index in [1.807, 2.05) is 12.1 Å². The fourth-order valence-electron chi connectivity index (χ4n) is 3.06. The normalized spacial score (nSPS) is 14.4. The average Bonchev–Trinajstić information content (AvgIpc) is 3.11. The van der Waals surface area contributed by atoms with Crippen molar-refractivity contribution < 1.29 is 22.7 Å². The van der Waals surface area contributed by atoms with E-state index in [1.54, 1.807) is 23.1 Å². The molecule has 8 heteroatoms. The summed E-state index contributed by atoms with van der Waals surface area (Å²) >= 11 is 0. The number of benzene rings is 2. The van der Waals surface area contributed by atoms with Crippen molar-refractivity contribution in [1.29, 1.82) is 0 Å². The predicted molar refractivity (Wildman–Crippen MR) is 102 cm³/mol. The van der Waals surface area contributed by atoms with Crippen LogP contribution in [0.2, 0.25) is 0 Å². The zero-order valence-corrected chi connectivity index (χ0v) is 16.1. The number of nitrogens with one attached hydrogen (secondary N) is 1. The maximum absolute atomic E-state index is 12.8. The number of carbonyl (C=O) groups excluding carboxylic acids is 1. The molecule has 1 heterocycles. The van der Waals surface area contributed by atoms with E-state index >= 15 is 0 Å². The third kappa shape index (κ3) is 4.06. The summed E-state index contributed by atoms with van der Waals surface area (Å²) in [4.78, 5) is 13.7. The summed E-state index contributed by atoms with van der Waals surface area (Å²) in [5, 5.41) is 0. The number of nitrogens with zero attached hydrogens (tertiary/aromatic N) is 1. The van der Waals surface area contributed by atoms with Crippen molar-refractivity contribution in [3.05, 3.63) is 48.0 Å². The topological polar surface area (TPSA) is 84.9 Å². The summed E-state index contributed by atoms with van der Waals surface area (Å²) in [7, 11) is -0.746. The van der Waals surface area contributed by atoms with Gasteiger partial charge in [-0.15, -0.1) is 0 Å². The summed E-state index contributed by atoms with van der Waals surface area (Å²) < 4.78 is 38.7. The molecule has 1 aliphatic heterocycles. The van der Waals surface area contributed by atoms with E-state index in [2.05, 4.69) is 4.72 Å². The van der Waals surface area contributed by atoms with Crippen LogP contribution in [0.15, 0.2) is 47.4 Å². The molecule has 0 unspecified atom stereocenters. The minimum absolute atomic E-state index is 0.0372. The Bertz CT molecular complexity index is 943. The van der Waals surface area contributed by atoms with Gasteiger partial charge in [0.15, 0.2) is 0 Å². The highest BCUT2D eigenvalue weighted by atomic mass is 32.2. The summed E-state index contributed by atoms with van der Waals surface area (Å²) in [5.41, 5.74) is 1.20. The molecule has 2 aromatic rings. The van der Waals surface area contributed by atoms with Crippen LogP contribution in [0.25, 0.3) is 0 Å². The van der Waals surface area contributed by atoms with Crippen molar-refractivity contribution in [2.75, 3.05) is 25.7 Å². The van der Waals surface area contributed by atoms with Gasteiger partial charge in [0, 0.05) is 25.1 Å². The maximum atomic E-state index is 12.8. The molecule has 1 N–H and O–H groups in total. The van der Waals surface area contributed by atoms with E-state index in [0.717, 1.165) is 12.0 Å². The lowest BCUT2D eigenvalue weighted by molar-refractivity contribution is -0.117. The number of amides is 1. The largest absolute Gasteiger partial charge is 0.496 e. The minimum atomic E-state index is -3.78. The lowest BCUT2D eigenvalue weighted by atomic mass is 10.2. The minimum Gasteiger partial charge on any atom is -0.496 e. The van der Waals surface area contributed by atoms with E-state index in [1.165, 1.54) is 26.4 Å². The number of sulfonamides is 1. The third-order valence-electron chi connectivity index (χ3n) is 4.47. The average molecular weight is 390 g/mol. The van der Waals surface area contributed by atoms with Crippen LogP contribution < -0.4 is 19.1 Å². The number of ether oxygens (including phenoxy) is 2. The van der Waals surface area contributed by atoms with E-state index in [9.17, 15) is 13.2 Å². The SMILES string of the molecule is COc1ccccc1CNS(=O)(=O)c1ccc(OC)c(N2CCCC2=O)c1. The van der Waals surface area contributed by atoms with Crippen LogP contribution >= 0.6 is 0 Å². The molecule has 1 fully saturated rings. The highest BCUT2D eigenvalue weighted by Crippen LogP contribution is 2.33. The number of hydrogen-bond donors (Lipinski definition) is 1. The zero-order valence-electron chi connectivity index (χ0n) is 15.3. The van der Waals surface area contributed by atoms with Crippen molar-refractivity contribution in [1.82, 2.24) is 4.72 Å². The van der Waals surface area contributed by atoms with Gasteiger partial charge in [-0.1, -0.05) is 18.2 Å². The van der Waals surface area contributed by atoms with Crippen LogP contribution in [0.1, 0.15) is 18.4 Å². The van der Waals surface area contributed by atoms with E-state index in [4.69, 9.17) is 9.47 Å². The van der Waals surface area contributed by atoms with Crippen LogP contribution in [-0.2, 0) is 21.4 Å². The molecular formula is C19H22N2O5S. The Hall–Kier alpha value is -2.58. The first kappa shape index (κ1) is 19.2. The molecule has 0 saturated carbocycles. The molecule has 0 aliphatic carbocycles. The van der Waals surface area contributed by atoms with Crippen LogP contribution in [0.3, 0.4) is 0 Å². The number of para-hydroxylation sites is 1. The van der Waals surface area contributed by atoms with Gasteiger partial charge in [-0.3, -0.25) is 4.79 Å². The maximum Gasteiger partial charge on any atom is 0.240 e. The molecule has 2 aromatic carbocycles. The fourth-order valence-corrected chi connectivity index (χ4v) is 4.08. The number of carbonyl (C=O) groups is 1. The van der Waals surface area contributed by atoms with Gasteiger partial charge in [0.2, 0.25) is 15.9 Å². The Labute approximate surface area is 158 Å². The number of rotatable bonds is 7. The summed E-state index contributed by atoms with van der Waals surface area (Å²) in [5.74, 6) is 1.04. The van der Waals surface area contributed by atoms with Crippen LogP contribution in [0.5, 0.6) is 11.5 Å². The quantitative estimate of drug-likeness (QED) is 0.784. The molecule has 27 heavy (non-hydrogen) atoms. The summed E-state index contributed by atoms with van der Waals surface area (Å²) in [6, 6.07) is 11.7. The van der Waals surface area contributed by atoms with Gasteiger partial charge in [-0.05, 0) is 30.7 Å². The van der Waals surface area contributed by atoms with Crippen molar-refractivity contribution in [2.24, 2.45) is 0 Å². The molecule has 0 atom stereocenters. The van der Waals surface area contributed by atoms with Gasteiger partial charge in [-0.25, -0.2) is 13.1 Å². The first-order chi connectivity index (χ1) is 13.0.